The molecule has 2 aliphatic rings. The topological polar surface area (TPSA) is 52.6 Å². The maximum atomic E-state index is 12.6. The van der Waals surface area contributed by atoms with E-state index in [1.54, 1.807) is 0 Å². The molecule has 0 aromatic heterocycles. The molecule has 4 nitrogen and oxygen atoms in total. The Morgan fingerprint density at radius 3 is 2.54 bits per heavy atom. The third-order valence-corrected chi connectivity index (χ3v) is 8.07. The van der Waals surface area contributed by atoms with Crippen LogP contribution in [-0.2, 0) is 18.8 Å². The van der Waals surface area contributed by atoms with E-state index >= 15 is 0 Å². The van der Waals surface area contributed by atoms with Gasteiger partial charge < -0.3 is 9.16 Å². The predicted molar refractivity (Wildman–Crippen MR) is 116 cm³/mol. The number of Topliss-reactive ketones (excluding diaryl/α,β-unsaturated/α-hetero) is 1. The van der Waals surface area contributed by atoms with E-state index in [0.717, 1.165) is 32.1 Å². The van der Waals surface area contributed by atoms with Crippen LogP contribution in [0.25, 0.3) is 0 Å². The van der Waals surface area contributed by atoms with Gasteiger partial charge in [-0.3, -0.25) is 9.59 Å². The molecule has 0 radical (unpaired) electrons. The molecule has 28 heavy (non-hydrogen) atoms. The Hall–Kier alpha value is -0.683. The summed E-state index contributed by atoms with van der Waals surface area (Å²) in [6, 6.07) is 0. The van der Waals surface area contributed by atoms with Crippen molar-refractivity contribution in [3.8, 4) is 0 Å². The van der Waals surface area contributed by atoms with Crippen LogP contribution in [-0.4, -0.2) is 31.8 Å². The highest BCUT2D eigenvalue weighted by Gasteiger charge is 2.58. The van der Waals surface area contributed by atoms with E-state index in [1.807, 2.05) is 0 Å². The lowest BCUT2D eigenvalue weighted by Crippen LogP contribution is -2.41. The largest absolute Gasteiger partial charge is 0.462 e. The first kappa shape index (κ1) is 23.6. The van der Waals surface area contributed by atoms with E-state index in [1.165, 1.54) is 6.92 Å². The summed E-state index contributed by atoms with van der Waals surface area (Å²) in [6.45, 7) is 17.2. The van der Waals surface area contributed by atoms with Crippen LogP contribution in [0.2, 0.25) is 19.6 Å². The highest BCUT2D eigenvalue weighted by atomic mass is 28.4. The van der Waals surface area contributed by atoms with Crippen molar-refractivity contribution in [1.29, 1.82) is 0 Å². The summed E-state index contributed by atoms with van der Waals surface area (Å²) in [7, 11) is -1.56. The highest BCUT2D eigenvalue weighted by Crippen LogP contribution is 2.58. The lowest BCUT2D eigenvalue weighted by atomic mass is 9.61. The molecule has 0 aromatic rings. The molecule has 0 unspecified atom stereocenters. The zero-order valence-electron chi connectivity index (χ0n) is 19.4. The van der Waals surface area contributed by atoms with E-state index in [0.29, 0.717) is 24.5 Å². The average molecular weight is 411 g/mol. The van der Waals surface area contributed by atoms with Crippen LogP contribution in [0.5, 0.6) is 0 Å². The number of rotatable bonds is 8. The third kappa shape index (κ3) is 5.68. The first-order valence-corrected chi connectivity index (χ1v) is 14.6. The van der Waals surface area contributed by atoms with Crippen molar-refractivity contribution in [2.24, 2.45) is 23.2 Å². The Labute approximate surface area is 173 Å². The molecule has 2 fully saturated rings. The van der Waals surface area contributed by atoms with Crippen LogP contribution in [0.4, 0.5) is 0 Å². The number of fused-ring (bicyclic) bond motifs is 1. The van der Waals surface area contributed by atoms with Crippen LogP contribution in [0.15, 0.2) is 0 Å². The predicted octanol–water partition coefficient (Wildman–Crippen LogP) is 5.75. The SMILES string of the molecule is CC(=O)O[C@@H]1C[C@H]2C(=O)CCC[C@]2(C)[C@H]1[C@H](C)CCCC(C)(C)O[Si](C)(C)C. The van der Waals surface area contributed by atoms with Crippen molar-refractivity contribution in [1.82, 2.24) is 0 Å². The minimum Gasteiger partial charge on any atom is -0.462 e. The van der Waals surface area contributed by atoms with Gasteiger partial charge in [0.2, 0.25) is 0 Å². The fourth-order valence-corrected chi connectivity index (χ4v) is 7.98. The van der Waals surface area contributed by atoms with Gasteiger partial charge in [0.1, 0.15) is 11.9 Å². The average Bonchev–Trinajstić information content (AvgIpc) is 2.77. The van der Waals surface area contributed by atoms with Crippen LogP contribution in [0.1, 0.15) is 79.6 Å². The minimum atomic E-state index is -1.56. The van der Waals surface area contributed by atoms with Crippen molar-refractivity contribution < 1.29 is 18.8 Å². The number of hydrogen-bond donors (Lipinski definition) is 0. The molecule has 2 saturated carbocycles. The van der Waals surface area contributed by atoms with E-state index in [2.05, 4.69) is 47.3 Å². The fraction of sp³-hybridized carbons (Fsp3) is 0.913. The lowest BCUT2D eigenvalue weighted by molar-refractivity contribution is -0.150. The Bertz CT molecular complexity index is 580. The molecule has 0 heterocycles. The second kappa shape index (κ2) is 8.59. The number of carbonyl (C=O) groups is 2. The van der Waals surface area contributed by atoms with Gasteiger partial charge >= 0.3 is 5.97 Å². The van der Waals surface area contributed by atoms with Gasteiger partial charge in [0.15, 0.2) is 8.32 Å². The molecule has 0 N–H and O–H groups in total. The number of esters is 1. The minimum absolute atomic E-state index is 0.0286. The number of ketones is 1. The molecular formula is C23H42O4Si. The summed E-state index contributed by atoms with van der Waals surface area (Å²) in [5.41, 5.74) is -0.123. The molecule has 0 aliphatic heterocycles. The zero-order chi connectivity index (χ0) is 21.3. The van der Waals surface area contributed by atoms with E-state index in [9.17, 15) is 9.59 Å². The van der Waals surface area contributed by atoms with Gasteiger partial charge in [-0.1, -0.05) is 26.7 Å². The van der Waals surface area contributed by atoms with Crippen molar-refractivity contribution in [3.05, 3.63) is 0 Å². The van der Waals surface area contributed by atoms with Gasteiger partial charge in [-0.15, -0.1) is 0 Å². The fourth-order valence-electron chi connectivity index (χ4n) is 6.22. The van der Waals surface area contributed by atoms with Gasteiger partial charge in [0.25, 0.3) is 0 Å². The molecule has 162 valence electrons. The van der Waals surface area contributed by atoms with Crippen molar-refractivity contribution in [3.63, 3.8) is 0 Å². The molecule has 0 saturated heterocycles. The summed E-state index contributed by atoms with van der Waals surface area (Å²) in [4.78, 5) is 24.3. The van der Waals surface area contributed by atoms with Crippen LogP contribution < -0.4 is 0 Å². The number of ether oxygens (including phenoxy) is 1. The molecule has 0 aromatic carbocycles. The summed E-state index contributed by atoms with van der Waals surface area (Å²) in [5, 5.41) is 0. The molecule has 0 spiro atoms. The number of hydrogen-bond acceptors (Lipinski definition) is 4. The Kier molecular flexibility index (Phi) is 7.24. The first-order valence-electron chi connectivity index (χ1n) is 11.2. The monoisotopic (exact) mass is 410 g/mol. The van der Waals surface area contributed by atoms with Gasteiger partial charge in [-0.25, -0.2) is 0 Å². The first-order chi connectivity index (χ1) is 12.8. The molecule has 0 bridgehead atoms. The summed E-state index contributed by atoms with van der Waals surface area (Å²) in [6.07, 6.45) is 6.54. The lowest BCUT2D eigenvalue weighted by Gasteiger charge is -2.43. The smallest absolute Gasteiger partial charge is 0.302 e. The van der Waals surface area contributed by atoms with Gasteiger partial charge in [0.05, 0.1) is 5.60 Å². The highest BCUT2D eigenvalue weighted by molar-refractivity contribution is 6.69. The normalized spacial score (nSPS) is 32.1. The standard InChI is InChI=1S/C23H42O4Si/c1-16(11-9-13-22(3,4)27-28(6,7)8)21-20(26-17(2)24)15-18-19(25)12-10-14-23(18,21)5/h16,18,20-21H,9-15H2,1-8H3/t16-,18+,20-,21+,23+/m1/s1. The molecule has 0 amide bonds. The summed E-state index contributed by atoms with van der Waals surface area (Å²) >= 11 is 0. The molecule has 2 rings (SSSR count). The van der Waals surface area contributed by atoms with Crippen LogP contribution in [0.3, 0.4) is 0 Å². The molecular weight excluding hydrogens is 368 g/mol. The van der Waals surface area contributed by atoms with Crippen molar-refractivity contribution in [2.75, 3.05) is 0 Å². The zero-order valence-corrected chi connectivity index (χ0v) is 20.4. The molecule has 2 aliphatic carbocycles. The third-order valence-electron chi connectivity index (χ3n) is 6.90. The van der Waals surface area contributed by atoms with Crippen molar-refractivity contribution in [2.45, 2.75) is 111 Å². The number of carbonyl (C=O) groups excluding carboxylic acids is 2. The maximum absolute atomic E-state index is 12.6. The van der Waals surface area contributed by atoms with E-state index in [-0.39, 0.29) is 34.9 Å². The van der Waals surface area contributed by atoms with Gasteiger partial charge in [-0.05, 0) is 70.5 Å². The van der Waals surface area contributed by atoms with Crippen molar-refractivity contribution >= 4 is 20.1 Å². The van der Waals surface area contributed by atoms with Crippen LogP contribution >= 0.6 is 0 Å². The second-order valence-corrected chi connectivity index (χ2v) is 15.6. The molecule has 5 atom stereocenters. The van der Waals surface area contributed by atoms with Gasteiger partial charge in [-0.2, -0.15) is 0 Å². The second-order valence-electron chi connectivity index (χ2n) is 11.1. The quantitative estimate of drug-likeness (QED) is 0.377. The Balaban J connectivity index is 2.06. The van der Waals surface area contributed by atoms with E-state index in [4.69, 9.17) is 9.16 Å². The Morgan fingerprint density at radius 2 is 1.96 bits per heavy atom. The summed E-state index contributed by atoms with van der Waals surface area (Å²) in [5.74, 6) is 0.913. The Morgan fingerprint density at radius 1 is 1.32 bits per heavy atom. The molecule has 5 heteroatoms. The van der Waals surface area contributed by atoms with Gasteiger partial charge in [0, 0.05) is 25.2 Å². The summed E-state index contributed by atoms with van der Waals surface area (Å²) < 4.78 is 12.1. The van der Waals surface area contributed by atoms with Crippen LogP contribution in [0, 0.1) is 23.2 Å². The maximum Gasteiger partial charge on any atom is 0.302 e. The van der Waals surface area contributed by atoms with E-state index < -0.39 is 8.32 Å².